The average Bonchev–Trinajstić information content (AvgIpc) is 3.45. The molecule has 1 amide bonds. The van der Waals surface area contributed by atoms with Crippen LogP contribution >= 0.6 is 11.3 Å². The van der Waals surface area contributed by atoms with Crippen molar-refractivity contribution < 1.29 is 18.7 Å². The number of esters is 1. The summed E-state index contributed by atoms with van der Waals surface area (Å²) in [5.74, 6) is -1.53. The Labute approximate surface area is 179 Å². The first-order valence-corrected chi connectivity index (χ1v) is 9.82. The Hall–Kier alpha value is -3.99. The number of nitrogens with one attached hydrogen (secondary N) is 1. The Morgan fingerprint density at radius 2 is 1.87 bits per heavy atom. The highest BCUT2D eigenvalue weighted by molar-refractivity contribution is 7.19. The minimum Gasteiger partial charge on any atom is -0.464 e. The summed E-state index contributed by atoms with van der Waals surface area (Å²) in [6, 6.07) is 13.7. The zero-order chi connectivity index (χ0) is 21.8. The van der Waals surface area contributed by atoms with Crippen molar-refractivity contribution in [1.29, 1.82) is 0 Å². The van der Waals surface area contributed by atoms with Crippen LogP contribution in [0.4, 0.5) is 9.52 Å². The first-order chi connectivity index (χ1) is 15.1. The Balaban J connectivity index is 1.68. The predicted octanol–water partition coefficient (Wildman–Crippen LogP) is 2.95. The molecule has 2 heterocycles. The predicted molar refractivity (Wildman–Crippen MR) is 110 cm³/mol. The molecule has 0 aliphatic rings. The summed E-state index contributed by atoms with van der Waals surface area (Å²) >= 11 is 1.07. The number of thiazole rings is 1. The van der Waals surface area contributed by atoms with E-state index in [1.807, 2.05) is 6.07 Å². The van der Waals surface area contributed by atoms with Gasteiger partial charge in [0.05, 0.1) is 12.0 Å². The van der Waals surface area contributed by atoms with Gasteiger partial charge in [0.25, 0.3) is 5.91 Å². The number of hydrogen-bond donors (Lipinski definition) is 1. The number of aromatic nitrogens is 5. The van der Waals surface area contributed by atoms with Crippen molar-refractivity contribution >= 4 is 28.3 Å². The molecule has 0 saturated heterocycles. The minimum absolute atomic E-state index is 0.0214. The van der Waals surface area contributed by atoms with Crippen LogP contribution in [0.1, 0.15) is 22.1 Å². The molecule has 11 heteroatoms. The number of amides is 1. The third-order valence-electron chi connectivity index (χ3n) is 4.34. The molecule has 0 fully saturated rings. The van der Waals surface area contributed by atoms with Gasteiger partial charge in [-0.25, -0.2) is 18.9 Å². The fourth-order valence-corrected chi connectivity index (χ4v) is 3.89. The molecule has 4 rings (SSSR count). The SMILES string of the molecule is COC(=O)c1nc(NC(=O)C(c2ccccc2)n2cnnn2)sc1-c1ccc(F)cc1. The highest BCUT2D eigenvalue weighted by Gasteiger charge is 2.27. The van der Waals surface area contributed by atoms with Crippen molar-refractivity contribution in [2.75, 3.05) is 12.4 Å². The second-order valence-electron chi connectivity index (χ2n) is 6.29. The zero-order valence-electron chi connectivity index (χ0n) is 16.1. The van der Waals surface area contributed by atoms with Crippen molar-refractivity contribution in [3.63, 3.8) is 0 Å². The van der Waals surface area contributed by atoms with Crippen molar-refractivity contribution in [2.24, 2.45) is 0 Å². The molecule has 2 aromatic carbocycles. The molecule has 31 heavy (non-hydrogen) atoms. The number of benzene rings is 2. The smallest absolute Gasteiger partial charge is 0.358 e. The van der Waals surface area contributed by atoms with E-state index in [9.17, 15) is 14.0 Å². The Morgan fingerprint density at radius 3 is 2.52 bits per heavy atom. The van der Waals surface area contributed by atoms with Crippen molar-refractivity contribution in [3.05, 3.63) is 78.0 Å². The van der Waals surface area contributed by atoms with E-state index in [-0.39, 0.29) is 10.8 Å². The summed E-state index contributed by atoms with van der Waals surface area (Å²) in [5, 5.41) is 14.0. The number of nitrogens with zero attached hydrogens (tertiary/aromatic N) is 5. The molecule has 0 aliphatic heterocycles. The maximum Gasteiger partial charge on any atom is 0.358 e. The van der Waals surface area contributed by atoms with Crippen molar-refractivity contribution in [1.82, 2.24) is 25.2 Å². The molecule has 0 aliphatic carbocycles. The van der Waals surface area contributed by atoms with Crippen LogP contribution in [0.25, 0.3) is 10.4 Å². The van der Waals surface area contributed by atoms with E-state index >= 15 is 0 Å². The average molecular weight is 438 g/mol. The first-order valence-electron chi connectivity index (χ1n) is 9.00. The van der Waals surface area contributed by atoms with E-state index in [1.54, 1.807) is 24.3 Å². The number of rotatable bonds is 6. The molecule has 9 nitrogen and oxygen atoms in total. The fraction of sp³-hybridized carbons (Fsp3) is 0.100. The summed E-state index contributed by atoms with van der Waals surface area (Å²) in [4.78, 5) is 30.0. The van der Waals surface area contributed by atoms with Crippen LogP contribution in [0.3, 0.4) is 0 Å². The fourth-order valence-electron chi connectivity index (χ4n) is 2.93. The van der Waals surface area contributed by atoms with Gasteiger partial charge in [0.15, 0.2) is 16.9 Å². The van der Waals surface area contributed by atoms with Gasteiger partial charge in [0, 0.05) is 0 Å². The monoisotopic (exact) mass is 438 g/mol. The van der Waals surface area contributed by atoms with E-state index in [2.05, 4.69) is 25.8 Å². The van der Waals surface area contributed by atoms with E-state index in [0.717, 1.165) is 11.3 Å². The van der Waals surface area contributed by atoms with Gasteiger partial charge in [0.2, 0.25) is 0 Å². The molecular weight excluding hydrogens is 423 g/mol. The summed E-state index contributed by atoms with van der Waals surface area (Å²) in [5.41, 5.74) is 1.25. The van der Waals surface area contributed by atoms with Gasteiger partial charge >= 0.3 is 5.97 Å². The van der Waals surface area contributed by atoms with Crippen LogP contribution in [0.5, 0.6) is 0 Å². The van der Waals surface area contributed by atoms with E-state index in [1.165, 1.54) is 42.4 Å². The minimum atomic E-state index is -0.851. The second-order valence-corrected chi connectivity index (χ2v) is 7.29. The number of carbonyl (C=O) groups is 2. The number of tetrazole rings is 1. The molecule has 1 unspecified atom stereocenters. The summed E-state index contributed by atoms with van der Waals surface area (Å²) in [6.45, 7) is 0. The molecule has 0 radical (unpaired) electrons. The number of halogens is 1. The molecule has 4 aromatic rings. The topological polar surface area (TPSA) is 112 Å². The lowest BCUT2D eigenvalue weighted by atomic mass is 10.1. The molecule has 0 saturated carbocycles. The lowest BCUT2D eigenvalue weighted by molar-refractivity contribution is -0.118. The number of methoxy groups -OCH3 is 1. The molecule has 1 atom stereocenters. The molecule has 1 N–H and O–H groups in total. The van der Waals surface area contributed by atoms with Crippen LogP contribution in [0, 0.1) is 5.82 Å². The molecule has 156 valence electrons. The third-order valence-corrected chi connectivity index (χ3v) is 5.36. The standard InChI is InChI=1S/C20H15FN6O3S/c1-30-19(29)15-17(13-7-9-14(21)10-8-13)31-20(23-15)24-18(28)16(27-11-22-25-26-27)12-5-3-2-4-6-12/h2-11,16H,1H3,(H,23,24,28). The zero-order valence-corrected chi connectivity index (χ0v) is 16.9. The summed E-state index contributed by atoms with van der Waals surface area (Å²) in [7, 11) is 1.23. The van der Waals surface area contributed by atoms with Crippen molar-refractivity contribution in [2.45, 2.75) is 6.04 Å². The highest BCUT2D eigenvalue weighted by Crippen LogP contribution is 2.34. The molecule has 0 bridgehead atoms. The van der Waals surface area contributed by atoms with Crippen LogP contribution in [0.2, 0.25) is 0 Å². The van der Waals surface area contributed by atoms with Crippen molar-refractivity contribution in [3.8, 4) is 10.4 Å². The van der Waals surface area contributed by atoms with Gasteiger partial charge in [-0.05, 0) is 33.7 Å². The third kappa shape index (κ3) is 4.31. The van der Waals surface area contributed by atoms with Crippen LogP contribution in [-0.4, -0.2) is 44.2 Å². The normalized spacial score (nSPS) is 11.7. The lowest BCUT2D eigenvalue weighted by Gasteiger charge is -2.15. The molecule has 2 aromatic heterocycles. The Kier molecular flexibility index (Phi) is 5.76. The first kappa shape index (κ1) is 20.3. The maximum atomic E-state index is 13.3. The van der Waals surface area contributed by atoms with Crippen LogP contribution < -0.4 is 5.32 Å². The maximum absolute atomic E-state index is 13.3. The van der Waals surface area contributed by atoms with Gasteiger partial charge in [-0.2, -0.15) is 0 Å². The highest BCUT2D eigenvalue weighted by atomic mass is 32.1. The Bertz CT molecular complexity index is 1200. The number of anilines is 1. The van der Waals surface area contributed by atoms with Gasteiger partial charge < -0.3 is 4.74 Å². The quantitative estimate of drug-likeness (QED) is 0.461. The second kappa shape index (κ2) is 8.79. The van der Waals surface area contributed by atoms with Gasteiger partial charge in [-0.1, -0.05) is 53.8 Å². The Morgan fingerprint density at radius 1 is 1.13 bits per heavy atom. The van der Waals surface area contributed by atoms with E-state index < -0.39 is 23.7 Å². The summed E-state index contributed by atoms with van der Waals surface area (Å²) in [6.07, 6.45) is 1.34. The number of hydrogen-bond acceptors (Lipinski definition) is 8. The molecule has 0 spiro atoms. The van der Waals surface area contributed by atoms with Gasteiger partial charge in [0.1, 0.15) is 12.1 Å². The van der Waals surface area contributed by atoms with E-state index in [4.69, 9.17) is 4.74 Å². The lowest BCUT2D eigenvalue weighted by Crippen LogP contribution is -2.27. The molecular formula is C20H15FN6O3S. The van der Waals surface area contributed by atoms with Gasteiger partial charge in [-0.15, -0.1) is 5.10 Å². The largest absolute Gasteiger partial charge is 0.464 e. The van der Waals surface area contributed by atoms with Crippen LogP contribution in [-0.2, 0) is 9.53 Å². The van der Waals surface area contributed by atoms with E-state index in [0.29, 0.717) is 16.0 Å². The van der Waals surface area contributed by atoms with Crippen LogP contribution in [0.15, 0.2) is 60.9 Å². The summed E-state index contributed by atoms with van der Waals surface area (Å²) < 4.78 is 19.4. The number of ether oxygens (including phenoxy) is 1. The van der Waals surface area contributed by atoms with Gasteiger partial charge in [-0.3, -0.25) is 10.1 Å². The number of carbonyl (C=O) groups excluding carboxylic acids is 2.